The Morgan fingerprint density at radius 3 is 2.58 bits per heavy atom. The molecule has 8 heteroatoms. The first kappa shape index (κ1) is 14.2. The number of fused-ring (bicyclic) bond motifs is 1. The van der Waals surface area contributed by atoms with E-state index in [1.54, 1.807) is 28.9 Å². The van der Waals surface area contributed by atoms with Crippen molar-refractivity contribution >= 4 is 16.9 Å². The highest BCUT2D eigenvalue weighted by molar-refractivity contribution is 5.94. The van der Waals surface area contributed by atoms with Crippen LogP contribution >= 0.6 is 0 Å². The minimum atomic E-state index is -0.305. The fourth-order valence-electron chi connectivity index (χ4n) is 2.41. The lowest BCUT2D eigenvalue weighted by molar-refractivity contribution is 0.0925. The molecular weight excluding hydrogens is 306 g/mol. The van der Waals surface area contributed by atoms with Gasteiger partial charge in [-0.05, 0) is 29.5 Å². The number of aryl methyl sites for hydroxylation is 2. The maximum Gasteiger partial charge on any atom is 0.297 e. The van der Waals surface area contributed by atoms with Gasteiger partial charge < -0.3 is 0 Å². The van der Waals surface area contributed by atoms with E-state index in [4.69, 9.17) is 0 Å². The minimum absolute atomic E-state index is 0.305. The third-order valence-corrected chi connectivity index (χ3v) is 3.62. The Balaban J connectivity index is 1.49. The summed E-state index contributed by atoms with van der Waals surface area (Å²) < 4.78 is 1.79. The topological polar surface area (TPSA) is 91.4 Å². The number of aromatic nitrogens is 7. The Morgan fingerprint density at radius 2 is 1.71 bits per heavy atom. The van der Waals surface area contributed by atoms with Crippen molar-refractivity contribution < 1.29 is 4.79 Å². The van der Waals surface area contributed by atoms with Gasteiger partial charge in [-0.1, -0.05) is 40.3 Å². The molecule has 2 aromatic carbocycles. The summed E-state index contributed by atoms with van der Waals surface area (Å²) in [6.07, 6.45) is 0.509. The van der Waals surface area contributed by atoms with Crippen LogP contribution in [0.1, 0.15) is 16.2 Å². The maximum atomic E-state index is 12.2. The fraction of sp³-hybridized carbons (Fsp3) is 0.125. The predicted molar refractivity (Wildman–Crippen MR) is 85.2 cm³/mol. The van der Waals surface area contributed by atoms with Crippen molar-refractivity contribution in [3.63, 3.8) is 0 Å². The number of tetrazole rings is 1. The molecule has 0 unspecified atom stereocenters. The average Bonchev–Trinajstić information content (AvgIpc) is 3.27. The molecule has 0 aliphatic heterocycles. The number of carbonyl (C=O) groups is 1. The van der Waals surface area contributed by atoms with E-state index < -0.39 is 0 Å². The van der Waals surface area contributed by atoms with Crippen LogP contribution in [0.15, 0.2) is 54.6 Å². The number of benzene rings is 2. The van der Waals surface area contributed by atoms with Gasteiger partial charge in [-0.15, -0.1) is 15.3 Å². The van der Waals surface area contributed by atoms with E-state index in [-0.39, 0.29) is 5.91 Å². The Morgan fingerprint density at radius 1 is 0.917 bits per heavy atom. The summed E-state index contributed by atoms with van der Waals surface area (Å²) in [6, 6.07) is 16.6. The van der Waals surface area contributed by atoms with E-state index in [0.29, 0.717) is 24.4 Å². The van der Waals surface area contributed by atoms with Crippen LogP contribution in [0.2, 0.25) is 0 Å². The van der Waals surface area contributed by atoms with Crippen LogP contribution in [0.5, 0.6) is 0 Å². The summed E-state index contributed by atoms with van der Waals surface area (Å²) in [5.41, 5.74) is 2.31. The zero-order chi connectivity index (χ0) is 16.4. The van der Waals surface area contributed by atoms with Gasteiger partial charge in [-0.25, -0.2) is 4.68 Å². The summed E-state index contributed by atoms with van der Waals surface area (Å²) >= 11 is 0. The molecule has 0 amide bonds. The number of hydrogen-bond donors (Lipinski definition) is 0. The fourth-order valence-corrected chi connectivity index (χ4v) is 2.41. The molecule has 0 spiro atoms. The Bertz CT molecular complexity index is 990. The Kier molecular flexibility index (Phi) is 3.54. The molecule has 24 heavy (non-hydrogen) atoms. The Hall–Kier alpha value is -3.42. The molecular formula is C16H13N7O. The first-order valence-electron chi connectivity index (χ1n) is 7.48. The van der Waals surface area contributed by atoms with Gasteiger partial charge in [-0.2, -0.15) is 0 Å². The number of hydrogen-bond acceptors (Lipinski definition) is 6. The third kappa shape index (κ3) is 2.65. The van der Waals surface area contributed by atoms with Crippen molar-refractivity contribution in [1.29, 1.82) is 0 Å². The molecule has 118 valence electrons. The molecule has 0 aliphatic rings. The smallest absolute Gasteiger partial charge is 0.265 e. The molecule has 2 heterocycles. The normalized spacial score (nSPS) is 11.0. The number of rotatable bonds is 4. The van der Waals surface area contributed by atoms with Gasteiger partial charge in [0.15, 0.2) is 5.82 Å². The molecule has 2 aromatic heterocycles. The van der Waals surface area contributed by atoms with Gasteiger partial charge >= 0.3 is 0 Å². The van der Waals surface area contributed by atoms with Crippen molar-refractivity contribution in [3.05, 3.63) is 66.0 Å². The standard InChI is InChI=1S/C16H13N7O/c24-16(12-6-2-1-3-7-12)23-19-15(18-21-23)10-11-22-14-9-5-4-8-13(14)17-20-22/h1-9H,10-11H2. The second kappa shape index (κ2) is 5.99. The van der Waals surface area contributed by atoms with Crippen LogP contribution in [0.4, 0.5) is 0 Å². The van der Waals surface area contributed by atoms with E-state index >= 15 is 0 Å². The third-order valence-electron chi connectivity index (χ3n) is 3.62. The molecule has 0 radical (unpaired) electrons. The Labute approximate surface area is 136 Å². The lowest BCUT2D eigenvalue weighted by Gasteiger charge is -1.99. The van der Waals surface area contributed by atoms with Crippen LogP contribution in [-0.4, -0.2) is 41.1 Å². The van der Waals surface area contributed by atoms with E-state index in [1.807, 2.05) is 30.3 Å². The molecule has 0 aliphatic carbocycles. The first-order chi connectivity index (χ1) is 11.8. The van der Waals surface area contributed by atoms with Gasteiger partial charge in [0, 0.05) is 12.0 Å². The van der Waals surface area contributed by atoms with E-state index in [0.717, 1.165) is 15.8 Å². The van der Waals surface area contributed by atoms with Crippen molar-refractivity contribution in [2.45, 2.75) is 13.0 Å². The summed E-state index contributed by atoms with van der Waals surface area (Å²) in [7, 11) is 0. The molecule has 0 bridgehead atoms. The lowest BCUT2D eigenvalue weighted by atomic mass is 10.2. The van der Waals surface area contributed by atoms with Crippen molar-refractivity contribution in [2.75, 3.05) is 0 Å². The zero-order valence-corrected chi connectivity index (χ0v) is 12.6. The average molecular weight is 319 g/mol. The number of para-hydroxylation sites is 1. The molecule has 4 rings (SSSR count). The number of nitrogens with zero attached hydrogens (tertiary/aromatic N) is 7. The van der Waals surface area contributed by atoms with Crippen molar-refractivity contribution in [1.82, 2.24) is 35.2 Å². The van der Waals surface area contributed by atoms with Gasteiger partial charge in [0.2, 0.25) is 0 Å². The van der Waals surface area contributed by atoms with Crippen LogP contribution in [0.25, 0.3) is 11.0 Å². The SMILES string of the molecule is O=C(c1ccccc1)n1nnc(CCn2nnc3ccccc32)n1. The van der Waals surface area contributed by atoms with E-state index in [9.17, 15) is 4.79 Å². The summed E-state index contributed by atoms with van der Waals surface area (Å²) in [4.78, 5) is 13.3. The van der Waals surface area contributed by atoms with Gasteiger partial charge in [0.25, 0.3) is 5.91 Å². The first-order valence-corrected chi connectivity index (χ1v) is 7.48. The van der Waals surface area contributed by atoms with Gasteiger partial charge in [0.1, 0.15) is 5.52 Å². The van der Waals surface area contributed by atoms with Crippen molar-refractivity contribution in [3.8, 4) is 0 Å². The quantitative estimate of drug-likeness (QED) is 0.564. The van der Waals surface area contributed by atoms with Crippen LogP contribution in [-0.2, 0) is 13.0 Å². The molecule has 0 N–H and O–H groups in total. The minimum Gasteiger partial charge on any atom is -0.265 e. The largest absolute Gasteiger partial charge is 0.297 e. The van der Waals surface area contributed by atoms with Crippen LogP contribution in [0.3, 0.4) is 0 Å². The summed E-state index contributed by atoms with van der Waals surface area (Å²) in [6.45, 7) is 0.561. The predicted octanol–water partition coefficient (Wildman–Crippen LogP) is 1.35. The van der Waals surface area contributed by atoms with E-state index in [1.165, 1.54) is 0 Å². The highest BCUT2D eigenvalue weighted by Crippen LogP contribution is 2.10. The van der Waals surface area contributed by atoms with Crippen LogP contribution in [0, 0.1) is 0 Å². The molecule has 0 saturated carbocycles. The summed E-state index contributed by atoms with van der Waals surface area (Å²) in [5, 5.41) is 20.1. The van der Waals surface area contributed by atoms with Gasteiger partial charge in [-0.3, -0.25) is 4.79 Å². The number of carbonyl (C=O) groups excluding carboxylic acids is 1. The second-order valence-electron chi connectivity index (χ2n) is 5.22. The molecule has 0 saturated heterocycles. The monoisotopic (exact) mass is 319 g/mol. The highest BCUT2D eigenvalue weighted by atomic mass is 16.2. The lowest BCUT2D eigenvalue weighted by Crippen LogP contribution is -2.15. The maximum absolute atomic E-state index is 12.2. The molecule has 4 aromatic rings. The molecule has 0 fully saturated rings. The van der Waals surface area contributed by atoms with E-state index in [2.05, 4.69) is 25.7 Å². The zero-order valence-electron chi connectivity index (χ0n) is 12.6. The molecule has 8 nitrogen and oxygen atoms in total. The van der Waals surface area contributed by atoms with Crippen molar-refractivity contribution in [2.24, 2.45) is 0 Å². The van der Waals surface area contributed by atoms with Gasteiger partial charge in [0.05, 0.1) is 12.1 Å². The molecule has 0 atom stereocenters. The second-order valence-corrected chi connectivity index (χ2v) is 5.22. The van der Waals surface area contributed by atoms with Crippen LogP contribution < -0.4 is 0 Å². The summed E-state index contributed by atoms with van der Waals surface area (Å²) in [5.74, 6) is 0.180. The highest BCUT2D eigenvalue weighted by Gasteiger charge is 2.13.